The average molecular weight is 457 g/mol. The second-order valence-electron chi connectivity index (χ2n) is 7.86. The Morgan fingerprint density at radius 3 is 2.32 bits per heavy atom. The van der Waals surface area contributed by atoms with Gasteiger partial charge >= 0.3 is 11.6 Å². The minimum atomic E-state index is -0.467. The zero-order valence-electron chi connectivity index (χ0n) is 18.6. The number of fused-ring (bicyclic) bond motifs is 1. The van der Waals surface area contributed by atoms with Crippen molar-refractivity contribution >= 4 is 28.0 Å². The molecule has 0 unspecified atom stereocenters. The zero-order valence-corrected chi connectivity index (χ0v) is 18.6. The Morgan fingerprint density at radius 2 is 1.59 bits per heavy atom. The van der Waals surface area contributed by atoms with Crippen molar-refractivity contribution in [1.29, 1.82) is 0 Å². The Morgan fingerprint density at radius 1 is 0.882 bits per heavy atom. The Hall–Kier alpha value is -4.40. The highest BCUT2D eigenvalue weighted by molar-refractivity contribution is 5.88. The molecular formula is C25H23N5O4. The predicted octanol–water partition coefficient (Wildman–Crippen LogP) is 4.67. The van der Waals surface area contributed by atoms with E-state index >= 15 is 0 Å². The first kappa shape index (κ1) is 21.4. The fraction of sp³-hybridized carbons (Fsp3) is 0.200. The van der Waals surface area contributed by atoms with Crippen LogP contribution in [-0.2, 0) is 0 Å². The number of piperazine rings is 1. The summed E-state index contributed by atoms with van der Waals surface area (Å²) in [6, 6.07) is 21.2. The Balaban J connectivity index is 1.39. The molecule has 0 N–H and O–H groups in total. The molecule has 0 aliphatic carbocycles. The van der Waals surface area contributed by atoms with Gasteiger partial charge in [0.2, 0.25) is 5.82 Å². The van der Waals surface area contributed by atoms with E-state index in [0.717, 1.165) is 22.2 Å². The molecule has 1 fully saturated rings. The highest BCUT2D eigenvalue weighted by Crippen LogP contribution is 2.38. The van der Waals surface area contributed by atoms with Crippen LogP contribution in [0.4, 0.5) is 17.2 Å². The molecule has 172 valence electrons. The van der Waals surface area contributed by atoms with E-state index in [0.29, 0.717) is 31.9 Å². The van der Waals surface area contributed by atoms with Crippen molar-refractivity contribution in [2.45, 2.75) is 0 Å². The lowest BCUT2D eigenvalue weighted by Gasteiger charge is -2.36. The molecule has 9 heteroatoms. The van der Waals surface area contributed by atoms with Gasteiger partial charge < -0.3 is 19.3 Å². The third kappa shape index (κ3) is 4.15. The van der Waals surface area contributed by atoms with E-state index in [4.69, 9.17) is 9.47 Å². The first-order valence-electron chi connectivity index (χ1n) is 10.9. The molecule has 0 saturated carbocycles. The van der Waals surface area contributed by atoms with Crippen LogP contribution in [0.2, 0.25) is 0 Å². The van der Waals surface area contributed by atoms with Crippen LogP contribution in [0.5, 0.6) is 17.4 Å². The Kier molecular flexibility index (Phi) is 5.82. The number of hydrogen-bond acceptors (Lipinski definition) is 8. The molecule has 4 aromatic rings. The van der Waals surface area contributed by atoms with E-state index in [1.165, 1.54) is 6.33 Å². The fourth-order valence-corrected chi connectivity index (χ4v) is 4.18. The van der Waals surface area contributed by atoms with Gasteiger partial charge in [0.1, 0.15) is 17.8 Å². The largest absolute Gasteiger partial charge is 0.497 e. The van der Waals surface area contributed by atoms with Gasteiger partial charge in [0.15, 0.2) is 0 Å². The molecule has 0 bridgehead atoms. The van der Waals surface area contributed by atoms with Gasteiger partial charge in [-0.15, -0.1) is 0 Å². The molecule has 1 aliphatic rings. The van der Waals surface area contributed by atoms with Gasteiger partial charge in [0.05, 0.1) is 12.0 Å². The van der Waals surface area contributed by atoms with E-state index in [9.17, 15) is 10.1 Å². The standard InChI is InChI=1S/C25H23N5O4/c1-33-20-11-9-19(10-12-20)28-13-15-29(16-14-28)24-23(30(31)32)25(27-17-26-24)34-22-8-4-6-18-5-2-3-7-21(18)22/h2-12,17H,13-16H2,1H3. The van der Waals surface area contributed by atoms with E-state index in [1.807, 2.05) is 65.6 Å². The molecule has 1 aliphatic heterocycles. The first-order chi connectivity index (χ1) is 16.6. The third-order valence-electron chi connectivity index (χ3n) is 5.93. The monoisotopic (exact) mass is 457 g/mol. The summed E-state index contributed by atoms with van der Waals surface area (Å²) in [6.45, 7) is 2.56. The Bertz CT molecular complexity index is 1320. The van der Waals surface area contributed by atoms with Gasteiger partial charge in [0, 0.05) is 37.3 Å². The summed E-state index contributed by atoms with van der Waals surface area (Å²) in [5.74, 6) is 1.52. The van der Waals surface area contributed by atoms with E-state index in [-0.39, 0.29) is 17.4 Å². The molecule has 9 nitrogen and oxygen atoms in total. The summed E-state index contributed by atoms with van der Waals surface area (Å²) in [4.78, 5) is 24.1. The van der Waals surface area contributed by atoms with Gasteiger partial charge in [-0.05, 0) is 35.7 Å². The number of methoxy groups -OCH3 is 1. The van der Waals surface area contributed by atoms with Gasteiger partial charge in [0.25, 0.3) is 0 Å². The number of anilines is 2. The molecule has 0 atom stereocenters. The third-order valence-corrected chi connectivity index (χ3v) is 5.93. The number of nitrogens with zero attached hydrogens (tertiary/aromatic N) is 5. The molecule has 5 rings (SSSR count). The quantitative estimate of drug-likeness (QED) is 0.305. The summed E-state index contributed by atoms with van der Waals surface area (Å²) in [6.07, 6.45) is 1.32. The second-order valence-corrected chi connectivity index (χ2v) is 7.86. The molecule has 0 radical (unpaired) electrons. The lowest BCUT2D eigenvalue weighted by atomic mass is 10.1. The highest BCUT2D eigenvalue weighted by Gasteiger charge is 2.31. The summed E-state index contributed by atoms with van der Waals surface area (Å²) < 4.78 is 11.2. The lowest BCUT2D eigenvalue weighted by Crippen LogP contribution is -2.47. The van der Waals surface area contributed by atoms with Crippen molar-refractivity contribution in [2.24, 2.45) is 0 Å². The Labute approximate surface area is 196 Å². The van der Waals surface area contributed by atoms with Crippen molar-refractivity contribution in [2.75, 3.05) is 43.1 Å². The summed E-state index contributed by atoms with van der Waals surface area (Å²) in [5, 5.41) is 13.9. The fourth-order valence-electron chi connectivity index (χ4n) is 4.18. The topological polar surface area (TPSA) is 93.9 Å². The van der Waals surface area contributed by atoms with E-state index in [2.05, 4.69) is 14.9 Å². The lowest BCUT2D eigenvalue weighted by molar-refractivity contribution is -0.385. The van der Waals surface area contributed by atoms with Crippen LogP contribution in [0.15, 0.2) is 73.1 Å². The highest BCUT2D eigenvalue weighted by atomic mass is 16.6. The molecular weight excluding hydrogens is 434 g/mol. The van der Waals surface area contributed by atoms with Crippen molar-refractivity contribution < 1.29 is 14.4 Å². The van der Waals surface area contributed by atoms with Crippen LogP contribution in [0.3, 0.4) is 0 Å². The molecule has 0 spiro atoms. The van der Waals surface area contributed by atoms with Crippen molar-refractivity contribution in [3.8, 4) is 17.4 Å². The predicted molar refractivity (Wildman–Crippen MR) is 130 cm³/mol. The SMILES string of the molecule is COc1ccc(N2CCN(c3ncnc(Oc4cccc5ccccc45)c3[N+](=O)[O-])CC2)cc1. The molecule has 1 saturated heterocycles. The molecule has 34 heavy (non-hydrogen) atoms. The van der Waals surface area contributed by atoms with Crippen LogP contribution >= 0.6 is 0 Å². The van der Waals surface area contributed by atoms with E-state index in [1.54, 1.807) is 13.2 Å². The normalized spacial score (nSPS) is 13.7. The van der Waals surface area contributed by atoms with Gasteiger partial charge in [-0.3, -0.25) is 10.1 Å². The average Bonchev–Trinajstić information content (AvgIpc) is 2.89. The molecule has 0 amide bonds. The van der Waals surface area contributed by atoms with Gasteiger partial charge in [-0.25, -0.2) is 4.98 Å². The number of rotatable bonds is 6. The van der Waals surface area contributed by atoms with Crippen LogP contribution < -0.4 is 19.3 Å². The zero-order chi connectivity index (χ0) is 23.5. The van der Waals surface area contributed by atoms with E-state index < -0.39 is 4.92 Å². The smallest absolute Gasteiger partial charge is 0.373 e. The van der Waals surface area contributed by atoms with Gasteiger partial charge in [-0.2, -0.15) is 4.98 Å². The maximum atomic E-state index is 12.1. The van der Waals surface area contributed by atoms with Crippen LogP contribution in [0.1, 0.15) is 0 Å². The van der Waals surface area contributed by atoms with Crippen LogP contribution in [-0.4, -0.2) is 48.2 Å². The van der Waals surface area contributed by atoms with Crippen molar-refractivity contribution in [1.82, 2.24) is 9.97 Å². The minimum absolute atomic E-state index is 0.0658. The number of nitro groups is 1. The summed E-state index contributed by atoms with van der Waals surface area (Å²) >= 11 is 0. The number of aromatic nitrogens is 2. The summed E-state index contributed by atoms with van der Waals surface area (Å²) in [7, 11) is 1.64. The molecule has 3 aromatic carbocycles. The number of benzene rings is 3. The maximum Gasteiger partial charge on any atom is 0.373 e. The van der Waals surface area contributed by atoms with Crippen molar-refractivity contribution in [3.05, 3.63) is 83.2 Å². The van der Waals surface area contributed by atoms with Crippen LogP contribution in [0.25, 0.3) is 10.8 Å². The molecule has 1 aromatic heterocycles. The van der Waals surface area contributed by atoms with Crippen molar-refractivity contribution in [3.63, 3.8) is 0 Å². The van der Waals surface area contributed by atoms with Gasteiger partial charge in [-0.1, -0.05) is 36.4 Å². The number of ether oxygens (including phenoxy) is 2. The minimum Gasteiger partial charge on any atom is -0.497 e. The molecule has 2 heterocycles. The maximum absolute atomic E-state index is 12.1. The number of hydrogen-bond donors (Lipinski definition) is 0. The summed E-state index contributed by atoms with van der Waals surface area (Å²) in [5.41, 5.74) is 0.853. The first-order valence-corrected chi connectivity index (χ1v) is 10.9. The second kappa shape index (κ2) is 9.22. The van der Waals surface area contributed by atoms with Crippen LogP contribution in [0, 0.1) is 10.1 Å².